The van der Waals surface area contributed by atoms with Gasteiger partial charge >= 0.3 is 13.1 Å². The van der Waals surface area contributed by atoms with Crippen molar-refractivity contribution in [1.29, 1.82) is 0 Å². The molecule has 8 heteroatoms. The highest BCUT2D eigenvalue weighted by atomic mass is 28.3. The lowest BCUT2D eigenvalue weighted by Gasteiger charge is -2.27. The normalized spacial score (nSPS) is 12.9. The van der Waals surface area contributed by atoms with Crippen LogP contribution in [0.25, 0.3) is 11.1 Å². The van der Waals surface area contributed by atoms with Crippen LogP contribution in [0.4, 0.5) is 17.7 Å². The highest BCUT2D eigenvalue weighted by Gasteiger charge is 2.33. The average Bonchev–Trinajstić information content (AvgIpc) is 3.14. The summed E-state index contributed by atoms with van der Waals surface area (Å²) in [7, 11) is -1.82. The number of alkyl carbamates (subject to hydrolysis) is 1. The van der Waals surface area contributed by atoms with Crippen LogP contribution in [0.2, 0.25) is 19.6 Å². The molecule has 1 aliphatic rings. The van der Waals surface area contributed by atoms with Crippen molar-refractivity contribution in [2.75, 3.05) is 6.61 Å². The minimum Gasteiger partial charge on any atom is -0.449 e. The van der Waals surface area contributed by atoms with E-state index in [1.165, 1.54) is 13.8 Å². The Labute approximate surface area is 223 Å². The summed E-state index contributed by atoms with van der Waals surface area (Å²) >= 11 is 0. The Hall–Kier alpha value is -3.44. The van der Waals surface area contributed by atoms with Crippen LogP contribution < -0.4 is 10.8 Å². The largest absolute Gasteiger partial charge is 0.510 e. The second-order valence-electron chi connectivity index (χ2n) is 10.9. The van der Waals surface area contributed by atoms with Crippen molar-refractivity contribution in [3.8, 4) is 22.6 Å². The van der Waals surface area contributed by atoms with Crippen LogP contribution in [0.1, 0.15) is 44.9 Å². The maximum absolute atomic E-state index is 14.1. The molecule has 1 aliphatic carbocycles. The Kier molecular flexibility index (Phi) is 7.53. The molecule has 0 saturated heterocycles. The molecule has 0 heterocycles. The maximum atomic E-state index is 14.1. The van der Waals surface area contributed by atoms with Gasteiger partial charge in [-0.1, -0.05) is 85.2 Å². The van der Waals surface area contributed by atoms with Gasteiger partial charge in [-0.3, -0.25) is 0 Å². The molecular formula is C30H32BF3NO2Si-. The highest BCUT2D eigenvalue weighted by Crippen LogP contribution is 2.44. The van der Waals surface area contributed by atoms with Gasteiger partial charge in [-0.15, -0.1) is 11.0 Å². The van der Waals surface area contributed by atoms with Crippen molar-refractivity contribution < 1.29 is 22.5 Å². The number of fused-ring (bicyclic) bond motifs is 3. The van der Waals surface area contributed by atoms with Crippen molar-refractivity contribution in [2.45, 2.75) is 52.9 Å². The number of benzene rings is 3. The average molecular weight is 534 g/mol. The van der Waals surface area contributed by atoms with Gasteiger partial charge in [-0.25, -0.2) is 4.79 Å². The summed E-state index contributed by atoms with van der Waals surface area (Å²) in [5.41, 5.74) is 8.77. The van der Waals surface area contributed by atoms with E-state index in [1.807, 2.05) is 56.0 Å². The van der Waals surface area contributed by atoms with Gasteiger partial charge in [0.05, 0.1) is 0 Å². The molecule has 3 aromatic rings. The molecule has 0 spiro atoms. The standard InChI is InChI=1S/C30H32BF3NO2Si/c1-19-22(15-16-38(4,5)6)20(2)29(31(32,33)34)21(3)27(19)17-35-30(36)37-18-28-25-13-9-7-11-23(25)24-12-8-10-14-26(24)28/h7-14,28H,17-18H2,1-6H3,(H,35,36)/q-1. The predicted molar refractivity (Wildman–Crippen MR) is 151 cm³/mol. The fraction of sp³-hybridized carbons (Fsp3) is 0.300. The molecule has 0 saturated carbocycles. The van der Waals surface area contributed by atoms with E-state index in [2.05, 4.69) is 28.9 Å². The van der Waals surface area contributed by atoms with Gasteiger partial charge < -0.3 is 23.0 Å². The van der Waals surface area contributed by atoms with Crippen LogP contribution in [-0.4, -0.2) is 27.8 Å². The summed E-state index contributed by atoms with van der Waals surface area (Å²) in [6.07, 6.45) is -0.667. The van der Waals surface area contributed by atoms with E-state index in [0.717, 1.165) is 22.3 Å². The molecule has 4 rings (SSSR count). The molecule has 3 nitrogen and oxygen atoms in total. The first-order valence-corrected chi connectivity index (χ1v) is 16.2. The molecule has 0 bridgehead atoms. The Morgan fingerprint density at radius 2 is 1.47 bits per heavy atom. The van der Waals surface area contributed by atoms with E-state index in [1.54, 1.807) is 6.92 Å². The van der Waals surface area contributed by atoms with Gasteiger partial charge in [0.2, 0.25) is 0 Å². The van der Waals surface area contributed by atoms with Crippen LogP contribution in [0.5, 0.6) is 0 Å². The zero-order valence-electron chi connectivity index (χ0n) is 22.6. The molecule has 0 fully saturated rings. The third kappa shape index (κ3) is 5.53. The number of carbonyl (C=O) groups is 1. The number of carbonyl (C=O) groups excluding carboxylic acids is 1. The minimum absolute atomic E-state index is 0.0740. The van der Waals surface area contributed by atoms with E-state index in [4.69, 9.17) is 4.74 Å². The molecule has 0 radical (unpaired) electrons. The van der Waals surface area contributed by atoms with Crippen molar-refractivity contribution >= 4 is 26.6 Å². The Morgan fingerprint density at radius 3 is 2.00 bits per heavy atom. The van der Waals surface area contributed by atoms with Gasteiger partial charge in [0.15, 0.2) is 0 Å². The monoisotopic (exact) mass is 534 g/mol. The number of hydrogen-bond donors (Lipinski definition) is 1. The molecular weight excluding hydrogens is 502 g/mol. The van der Waals surface area contributed by atoms with Crippen LogP contribution in [-0.2, 0) is 11.3 Å². The number of amides is 1. The fourth-order valence-electron chi connectivity index (χ4n) is 5.30. The lowest BCUT2D eigenvalue weighted by Crippen LogP contribution is -2.40. The first-order valence-electron chi connectivity index (χ1n) is 12.7. The molecule has 1 amide bonds. The molecule has 198 valence electrons. The molecule has 0 unspecified atom stereocenters. The summed E-state index contributed by atoms with van der Waals surface area (Å²) in [6.45, 7) is 5.68. The third-order valence-electron chi connectivity index (χ3n) is 7.11. The van der Waals surface area contributed by atoms with Gasteiger partial charge in [0.1, 0.15) is 14.7 Å². The zero-order valence-corrected chi connectivity index (χ0v) is 23.6. The highest BCUT2D eigenvalue weighted by molar-refractivity contribution is 6.84. The smallest absolute Gasteiger partial charge is 0.449 e. The zero-order chi connectivity index (χ0) is 27.8. The van der Waals surface area contributed by atoms with Crippen molar-refractivity contribution in [2.24, 2.45) is 0 Å². The van der Waals surface area contributed by atoms with E-state index < -0.39 is 26.6 Å². The van der Waals surface area contributed by atoms with E-state index in [-0.39, 0.29) is 30.2 Å². The minimum atomic E-state index is -5.26. The molecule has 1 N–H and O–H groups in total. The van der Waals surface area contributed by atoms with Crippen molar-refractivity contribution in [1.82, 2.24) is 5.32 Å². The third-order valence-corrected chi connectivity index (χ3v) is 7.98. The SMILES string of the molecule is Cc1c(C#C[Si](C)(C)C)c(C)c([B-](F)(F)F)c(C)c1CNC(=O)OCC1c2ccccc2-c2ccccc21. The van der Waals surface area contributed by atoms with Crippen LogP contribution in [0.3, 0.4) is 0 Å². The number of hydrogen-bond acceptors (Lipinski definition) is 2. The molecule has 0 atom stereocenters. The van der Waals surface area contributed by atoms with E-state index in [9.17, 15) is 17.7 Å². The van der Waals surface area contributed by atoms with Crippen molar-refractivity contribution in [3.63, 3.8) is 0 Å². The quantitative estimate of drug-likeness (QED) is 0.285. The van der Waals surface area contributed by atoms with Gasteiger partial charge in [0, 0.05) is 18.0 Å². The van der Waals surface area contributed by atoms with Crippen molar-refractivity contribution in [3.05, 3.63) is 87.5 Å². The molecule has 3 aromatic carbocycles. The summed E-state index contributed by atoms with van der Waals surface area (Å²) < 4.78 is 48.0. The molecule has 38 heavy (non-hydrogen) atoms. The van der Waals surface area contributed by atoms with Gasteiger partial charge in [0.25, 0.3) is 0 Å². The summed E-state index contributed by atoms with van der Waals surface area (Å²) in [5.74, 6) is 2.95. The van der Waals surface area contributed by atoms with Gasteiger partial charge in [-0.2, -0.15) is 0 Å². The van der Waals surface area contributed by atoms with E-state index in [0.29, 0.717) is 16.7 Å². The first-order chi connectivity index (χ1) is 17.8. The summed E-state index contributed by atoms with van der Waals surface area (Å²) in [6, 6.07) is 16.1. The number of halogens is 3. The topological polar surface area (TPSA) is 38.3 Å². The molecule has 0 aromatic heterocycles. The Balaban J connectivity index is 1.56. The van der Waals surface area contributed by atoms with E-state index >= 15 is 0 Å². The number of nitrogens with one attached hydrogen (secondary N) is 1. The molecule has 0 aliphatic heterocycles. The van der Waals surface area contributed by atoms with Gasteiger partial charge in [-0.05, 0) is 54.2 Å². The number of ether oxygens (including phenoxy) is 1. The van der Waals surface area contributed by atoms with Crippen LogP contribution in [0.15, 0.2) is 48.5 Å². The second-order valence-corrected chi connectivity index (χ2v) is 15.6. The second kappa shape index (κ2) is 10.4. The lowest BCUT2D eigenvalue weighted by atomic mass is 9.70. The Morgan fingerprint density at radius 1 is 0.921 bits per heavy atom. The summed E-state index contributed by atoms with van der Waals surface area (Å²) in [4.78, 5) is 12.7. The predicted octanol–water partition coefficient (Wildman–Crippen LogP) is 6.93. The number of rotatable bonds is 5. The first kappa shape index (κ1) is 27.6. The van der Waals surface area contributed by atoms with Crippen LogP contribution in [0, 0.1) is 32.2 Å². The lowest BCUT2D eigenvalue weighted by molar-refractivity contribution is 0.142. The van der Waals surface area contributed by atoms with Crippen LogP contribution >= 0.6 is 0 Å². The Bertz CT molecular complexity index is 1420. The summed E-state index contributed by atoms with van der Waals surface area (Å²) in [5, 5.41) is 2.69. The fourth-order valence-corrected chi connectivity index (χ4v) is 5.80. The maximum Gasteiger partial charge on any atom is 0.510 e.